The smallest absolute Gasteiger partial charge is 0.315 e. The van der Waals surface area contributed by atoms with Crippen molar-refractivity contribution in [3.63, 3.8) is 0 Å². The minimum absolute atomic E-state index is 0.0922. The number of likely N-dealkylation sites (tertiary alicyclic amines) is 1. The number of piperidine rings is 1. The molecular weight excluding hydrogens is 450 g/mol. The maximum atomic E-state index is 13.5. The number of aliphatic hydroxyl groups is 1. The fourth-order valence-electron chi connectivity index (χ4n) is 4.69. The van der Waals surface area contributed by atoms with E-state index in [9.17, 15) is 14.7 Å². The van der Waals surface area contributed by atoms with Gasteiger partial charge in [-0.2, -0.15) is 0 Å². The summed E-state index contributed by atoms with van der Waals surface area (Å²) in [6.07, 6.45) is 0.398. The summed E-state index contributed by atoms with van der Waals surface area (Å²) >= 11 is 6.03. The second kappa shape index (κ2) is 10.4. The van der Waals surface area contributed by atoms with E-state index in [-0.39, 0.29) is 23.9 Å². The van der Waals surface area contributed by atoms with Crippen molar-refractivity contribution in [2.75, 3.05) is 13.1 Å². The Morgan fingerprint density at radius 2 is 1.62 bits per heavy atom. The quantitative estimate of drug-likeness (QED) is 0.546. The zero-order valence-electron chi connectivity index (χ0n) is 20.6. The minimum atomic E-state index is -1.09. The molecular formula is C27H36ClN3O3. The molecule has 0 saturated carbocycles. The van der Waals surface area contributed by atoms with E-state index in [0.29, 0.717) is 24.5 Å². The van der Waals surface area contributed by atoms with Gasteiger partial charge in [-0.3, -0.25) is 4.79 Å². The first-order valence-corrected chi connectivity index (χ1v) is 12.2. The Morgan fingerprint density at radius 3 is 2.18 bits per heavy atom. The molecule has 1 saturated heterocycles. The Balaban J connectivity index is 1.69. The van der Waals surface area contributed by atoms with E-state index in [4.69, 9.17) is 11.6 Å². The van der Waals surface area contributed by atoms with Crippen LogP contribution < -0.4 is 10.6 Å². The van der Waals surface area contributed by atoms with Crippen LogP contribution in [0.25, 0.3) is 0 Å². The molecule has 1 heterocycles. The van der Waals surface area contributed by atoms with Gasteiger partial charge in [0, 0.05) is 23.5 Å². The molecule has 184 valence electrons. The molecule has 0 aromatic heterocycles. The van der Waals surface area contributed by atoms with Crippen LogP contribution >= 0.6 is 11.6 Å². The molecule has 0 spiro atoms. The number of nitrogens with one attached hydrogen (secondary N) is 2. The van der Waals surface area contributed by atoms with Gasteiger partial charge in [0.05, 0.1) is 11.6 Å². The molecule has 1 fully saturated rings. The number of amides is 3. The van der Waals surface area contributed by atoms with Crippen molar-refractivity contribution in [1.82, 2.24) is 15.5 Å². The number of nitrogens with zero attached hydrogens (tertiary/aromatic N) is 1. The number of carbonyl (C=O) groups excluding carboxylic acids is 2. The van der Waals surface area contributed by atoms with Crippen molar-refractivity contribution in [2.24, 2.45) is 11.3 Å². The molecule has 2 aromatic carbocycles. The van der Waals surface area contributed by atoms with Crippen molar-refractivity contribution in [2.45, 2.75) is 58.7 Å². The highest BCUT2D eigenvalue weighted by Gasteiger charge is 2.50. The SMILES string of the molecule is CC(C)[C@@H](NC(=O)N[C@H](C)c1ccccc1)C(=O)N1CCC(O)(c2ccc(Cl)cc2)C(C)(C)C1. The normalized spacial score (nSPS) is 21.6. The van der Waals surface area contributed by atoms with Gasteiger partial charge in [-0.25, -0.2) is 4.79 Å². The van der Waals surface area contributed by atoms with Crippen LogP contribution in [0, 0.1) is 11.3 Å². The number of hydrogen-bond acceptors (Lipinski definition) is 3. The van der Waals surface area contributed by atoms with Crippen LogP contribution in [0.2, 0.25) is 5.02 Å². The fourth-order valence-corrected chi connectivity index (χ4v) is 4.81. The molecule has 3 atom stereocenters. The molecule has 7 heteroatoms. The van der Waals surface area contributed by atoms with Crippen LogP contribution in [0.5, 0.6) is 0 Å². The van der Waals surface area contributed by atoms with Crippen molar-refractivity contribution in [3.8, 4) is 0 Å². The predicted octanol–water partition coefficient (Wildman–Crippen LogP) is 4.87. The van der Waals surface area contributed by atoms with E-state index in [1.165, 1.54) is 0 Å². The highest BCUT2D eigenvalue weighted by molar-refractivity contribution is 6.30. The van der Waals surface area contributed by atoms with E-state index in [0.717, 1.165) is 11.1 Å². The van der Waals surface area contributed by atoms with E-state index in [2.05, 4.69) is 10.6 Å². The maximum Gasteiger partial charge on any atom is 0.315 e. The highest BCUT2D eigenvalue weighted by Crippen LogP contribution is 2.46. The van der Waals surface area contributed by atoms with Gasteiger partial charge in [-0.15, -0.1) is 0 Å². The number of halogens is 1. The second-order valence-electron chi connectivity index (χ2n) is 10.2. The van der Waals surface area contributed by atoms with Crippen molar-refractivity contribution >= 4 is 23.5 Å². The van der Waals surface area contributed by atoms with Crippen LogP contribution in [0.4, 0.5) is 4.79 Å². The summed E-state index contributed by atoms with van der Waals surface area (Å²) in [4.78, 5) is 28.0. The Bertz CT molecular complexity index is 994. The van der Waals surface area contributed by atoms with Gasteiger partial charge >= 0.3 is 6.03 Å². The van der Waals surface area contributed by atoms with Crippen LogP contribution in [0.15, 0.2) is 54.6 Å². The Kier molecular flexibility index (Phi) is 7.94. The number of urea groups is 1. The molecule has 3 amide bonds. The molecule has 1 aliphatic rings. The maximum absolute atomic E-state index is 13.5. The van der Waals surface area contributed by atoms with Crippen LogP contribution in [-0.4, -0.2) is 41.1 Å². The second-order valence-corrected chi connectivity index (χ2v) is 10.7. The zero-order chi connectivity index (χ0) is 25.1. The first-order chi connectivity index (χ1) is 15.9. The fraction of sp³-hybridized carbons (Fsp3) is 0.481. The molecule has 34 heavy (non-hydrogen) atoms. The lowest BCUT2D eigenvalue weighted by Crippen LogP contribution is -2.61. The summed E-state index contributed by atoms with van der Waals surface area (Å²) in [7, 11) is 0. The lowest BCUT2D eigenvalue weighted by molar-refractivity contribution is -0.155. The van der Waals surface area contributed by atoms with Crippen LogP contribution in [0.1, 0.15) is 58.2 Å². The Labute approximate surface area is 207 Å². The molecule has 0 bridgehead atoms. The molecule has 0 aliphatic carbocycles. The molecule has 0 radical (unpaired) electrons. The topological polar surface area (TPSA) is 81.7 Å². The van der Waals surface area contributed by atoms with E-state index in [1.807, 2.05) is 77.1 Å². The number of carbonyl (C=O) groups is 2. The van der Waals surface area contributed by atoms with E-state index in [1.54, 1.807) is 17.0 Å². The molecule has 1 aliphatic heterocycles. The highest BCUT2D eigenvalue weighted by atomic mass is 35.5. The van der Waals surface area contributed by atoms with Crippen molar-refractivity contribution < 1.29 is 14.7 Å². The molecule has 3 N–H and O–H groups in total. The first kappa shape index (κ1) is 26.0. The average Bonchev–Trinajstić information content (AvgIpc) is 2.79. The average molecular weight is 486 g/mol. The standard InChI is InChI=1S/C27H36ClN3O3/c1-18(2)23(30-25(33)29-19(3)20-9-7-6-8-10-20)24(32)31-16-15-27(34,26(4,5)17-31)21-11-13-22(28)14-12-21/h6-14,18-19,23,34H,15-17H2,1-5H3,(H2,29,30,33)/t19-,23-,27?/m1/s1. The first-order valence-electron chi connectivity index (χ1n) is 11.8. The van der Waals surface area contributed by atoms with Gasteiger partial charge in [-0.1, -0.05) is 81.8 Å². The van der Waals surface area contributed by atoms with Crippen LogP contribution in [0.3, 0.4) is 0 Å². The molecule has 2 aromatic rings. The monoisotopic (exact) mass is 485 g/mol. The summed E-state index contributed by atoms with van der Waals surface area (Å²) in [5.74, 6) is -0.228. The number of benzene rings is 2. The van der Waals surface area contributed by atoms with Gasteiger partial charge < -0.3 is 20.6 Å². The summed E-state index contributed by atoms with van der Waals surface area (Å²) in [5, 5.41) is 18.0. The summed E-state index contributed by atoms with van der Waals surface area (Å²) in [6, 6.07) is 15.7. The summed E-state index contributed by atoms with van der Waals surface area (Å²) in [6.45, 7) is 10.4. The third kappa shape index (κ3) is 5.56. The molecule has 6 nitrogen and oxygen atoms in total. The third-order valence-corrected chi connectivity index (χ3v) is 7.20. The van der Waals surface area contributed by atoms with Gasteiger partial charge in [0.15, 0.2) is 0 Å². The third-order valence-electron chi connectivity index (χ3n) is 6.95. The van der Waals surface area contributed by atoms with Crippen molar-refractivity contribution in [3.05, 3.63) is 70.7 Å². The van der Waals surface area contributed by atoms with Gasteiger partial charge in [0.1, 0.15) is 6.04 Å². The minimum Gasteiger partial charge on any atom is -0.384 e. The number of rotatable bonds is 6. The predicted molar refractivity (Wildman–Crippen MR) is 135 cm³/mol. The molecule has 1 unspecified atom stereocenters. The molecule has 3 rings (SSSR count). The van der Waals surface area contributed by atoms with Gasteiger partial charge in [0.25, 0.3) is 0 Å². The lowest BCUT2D eigenvalue weighted by Gasteiger charge is -2.51. The van der Waals surface area contributed by atoms with E-state index < -0.39 is 17.1 Å². The van der Waals surface area contributed by atoms with E-state index >= 15 is 0 Å². The summed E-state index contributed by atoms with van der Waals surface area (Å²) in [5.41, 5.74) is 0.101. The van der Waals surface area contributed by atoms with Gasteiger partial charge in [0.2, 0.25) is 5.91 Å². The van der Waals surface area contributed by atoms with Crippen molar-refractivity contribution in [1.29, 1.82) is 0 Å². The lowest BCUT2D eigenvalue weighted by atomic mass is 9.66. The Hall–Kier alpha value is -2.57. The van der Waals surface area contributed by atoms with Crippen LogP contribution in [-0.2, 0) is 10.4 Å². The zero-order valence-corrected chi connectivity index (χ0v) is 21.4. The Morgan fingerprint density at radius 1 is 1.00 bits per heavy atom. The summed E-state index contributed by atoms with van der Waals surface area (Å²) < 4.78 is 0. The largest absolute Gasteiger partial charge is 0.384 e. The number of hydrogen-bond donors (Lipinski definition) is 3. The van der Waals surface area contributed by atoms with Gasteiger partial charge in [-0.05, 0) is 42.5 Å².